The number of carbonyl (C=O) groups excluding carboxylic acids is 2. The molecule has 2 fully saturated rings. The number of hydrogen-bond donors (Lipinski definition) is 0. The van der Waals surface area contributed by atoms with Gasteiger partial charge in [-0.05, 0) is 49.4 Å². The van der Waals surface area contributed by atoms with Crippen molar-refractivity contribution in [2.75, 3.05) is 0 Å². The summed E-state index contributed by atoms with van der Waals surface area (Å²) < 4.78 is 0. The zero-order chi connectivity index (χ0) is 15.2. The summed E-state index contributed by atoms with van der Waals surface area (Å²) in [5.41, 5.74) is 0. The van der Waals surface area contributed by atoms with Gasteiger partial charge in [0.2, 0.25) is 12.2 Å². The summed E-state index contributed by atoms with van der Waals surface area (Å²) >= 11 is 0. The van der Waals surface area contributed by atoms with Crippen molar-refractivity contribution in [3.8, 4) is 0 Å². The Balaban J connectivity index is 2.00. The molecular weight excluding hydrogens is 264 g/mol. The maximum atomic E-state index is 10.5. The summed E-state index contributed by atoms with van der Waals surface area (Å²) in [5, 5.41) is 0. The quantitative estimate of drug-likeness (QED) is 0.583. The molecule has 4 nitrogen and oxygen atoms in total. The average Bonchev–Trinajstić information content (AvgIpc) is 2.48. The summed E-state index contributed by atoms with van der Waals surface area (Å²) in [7, 11) is 0. The van der Waals surface area contributed by atoms with Crippen LogP contribution in [0.25, 0.3) is 0 Å². The second-order valence-corrected chi connectivity index (χ2v) is 6.99. The highest BCUT2D eigenvalue weighted by Gasteiger charge is 2.38. The smallest absolute Gasteiger partial charge is 0.211 e. The number of isocyanates is 2. The van der Waals surface area contributed by atoms with E-state index in [1.807, 2.05) is 0 Å². The van der Waals surface area contributed by atoms with E-state index < -0.39 is 6.17 Å². The molecule has 2 rings (SSSR count). The van der Waals surface area contributed by atoms with Gasteiger partial charge in [-0.1, -0.05) is 33.1 Å². The summed E-state index contributed by atoms with van der Waals surface area (Å²) in [5.74, 6) is 3.26. The summed E-state index contributed by atoms with van der Waals surface area (Å²) in [6.45, 7) is 4.71. The first-order valence-corrected chi connectivity index (χ1v) is 8.31. The zero-order valence-corrected chi connectivity index (χ0v) is 13.1. The van der Waals surface area contributed by atoms with Crippen LogP contribution in [0.15, 0.2) is 9.98 Å². The molecule has 0 aliphatic heterocycles. The Morgan fingerprint density at radius 1 is 0.857 bits per heavy atom. The minimum absolute atomic E-state index is 0.193. The molecule has 2 aliphatic carbocycles. The van der Waals surface area contributed by atoms with Crippen molar-refractivity contribution in [2.45, 2.75) is 65.0 Å². The van der Waals surface area contributed by atoms with Crippen LogP contribution in [0.5, 0.6) is 0 Å². The fraction of sp³-hybridized carbons (Fsp3) is 0.882. The van der Waals surface area contributed by atoms with Gasteiger partial charge >= 0.3 is 0 Å². The Hall–Kier alpha value is -1.24. The summed E-state index contributed by atoms with van der Waals surface area (Å²) in [6.07, 6.45) is 11.2. The Morgan fingerprint density at radius 2 is 1.48 bits per heavy atom. The van der Waals surface area contributed by atoms with Crippen LogP contribution >= 0.6 is 0 Å². The first kappa shape index (κ1) is 16.1. The normalized spacial score (nSPS) is 37.9. The molecule has 0 aromatic carbocycles. The molecule has 0 bridgehead atoms. The first-order valence-electron chi connectivity index (χ1n) is 8.31. The first-order chi connectivity index (χ1) is 10.2. The van der Waals surface area contributed by atoms with E-state index in [-0.39, 0.29) is 5.92 Å². The van der Waals surface area contributed by atoms with Crippen LogP contribution in [-0.4, -0.2) is 18.3 Å². The molecule has 0 spiro atoms. The molecule has 0 saturated heterocycles. The van der Waals surface area contributed by atoms with Crippen molar-refractivity contribution in [3.63, 3.8) is 0 Å². The lowest BCUT2D eigenvalue weighted by molar-refractivity contribution is 0.0708. The molecule has 0 amide bonds. The van der Waals surface area contributed by atoms with Crippen LogP contribution in [0.2, 0.25) is 0 Å². The predicted octanol–water partition coefficient (Wildman–Crippen LogP) is 3.86. The van der Waals surface area contributed by atoms with Gasteiger partial charge in [-0.2, -0.15) is 9.98 Å². The van der Waals surface area contributed by atoms with E-state index in [9.17, 15) is 9.59 Å². The molecule has 2 saturated carbocycles. The van der Waals surface area contributed by atoms with E-state index in [0.29, 0.717) is 5.92 Å². The van der Waals surface area contributed by atoms with Gasteiger partial charge in [0.25, 0.3) is 0 Å². The van der Waals surface area contributed by atoms with Gasteiger partial charge in [0.15, 0.2) is 6.17 Å². The number of aliphatic imine (C=N–C) groups is 2. The maximum absolute atomic E-state index is 10.5. The number of nitrogens with zero attached hydrogens (tertiary/aromatic N) is 2. The summed E-state index contributed by atoms with van der Waals surface area (Å²) in [6, 6.07) is 0. The van der Waals surface area contributed by atoms with Crippen molar-refractivity contribution in [3.05, 3.63) is 0 Å². The van der Waals surface area contributed by atoms with E-state index in [1.54, 1.807) is 12.2 Å². The van der Waals surface area contributed by atoms with Crippen molar-refractivity contribution in [2.24, 2.45) is 39.6 Å². The van der Waals surface area contributed by atoms with Gasteiger partial charge < -0.3 is 0 Å². The highest BCUT2D eigenvalue weighted by atomic mass is 16.1. The molecule has 0 N–H and O–H groups in total. The van der Waals surface area contributed by atoms with Gasteiger partial charge in [0.05, 0.1) is 0 Å². The van der Waals surface area contributed by atoms with Gasteiger partial charge in [0, 0.05) is 5.92 Å². The van der Waals surface area contributed by atoms with Crippen molar-refractivity contribution >= 4 is 12.2 Å². The predicted molar refractivity (Wildman–Crippen MR) is 81.1 cm³/mol. The molecule has 5 unspecified atom stereocenters. The topological polar surface area (TPSA) is 58.9 Å². The molecule has 0 radical (unpaired) electrons. The van der Waals surface area contributed by atoms with E-state index >= 15 is 0 Å². The second-order valence-electron chi connectivity index (χ2n) is 6.99. The molecular formula is C17H26N2O2. The fourth-order valence-corrected chi connectivity index (χ4v) is 4.70. The molecule has 0 heterocycles. The fourth-order valence-electron chi connectivity index (χ4n) is 4.70. The van der Waals surface area contributed by atoms with Crippen molar-refractivity contribution in [1.29, 1.82) is 0 Å². The highest BCUT2D eigenvalue weighted by molar-refractivity contribution is 5.37. The van der Waals surface area contributed by atoms with Crippen LogP contribution in [0, 0.1) is 29.6 Å². The third-order valence-electron chi connectivity index (χ3n) is 5.80. The Bertz CT molecular complexity index is 420. The SMILES string of the molecule is CC1CCCCC1C1CCC(C(N=C=O)N=C=O)CC1C. The van der Waals surface area contributed by atoms with Crippen molar-refractivity contribution in [1.82, 2.24) is 0 Å². The van der Waals surface area contributed by atoms with Crippen LogP contribution in [0.4, 0.5) is 0 Å². The minimum atomic E-state index is -0.563. The van der Waals surface area contributed by atoms with Gasteiger partial charge in [-0.3, -0.25) is 0 Å². The lowest BCUT2D eigenvalue weighted by atomic mass is 9.63. The van der Waals surface area contributed by atoms with E-state index in [0.717, 1.165) is 30.6 Å². The molecule has 21 heavy (non-hydrogen) atoms. The minimum Gasteiger partial charge on any atom is -0.211 e. The molecule has 4 heteroatoms. The zero-order valence-electron chi connectivity index (χ0n) is 13.1. The third-order valence-corrected chi connectivity index (χ3v) is 5.80. The lowest BCUT2D eigenvalue weighted by Crippen LogP contribution is -2.36. The largest absolute Gasteiger partial charge is 0.237 e. The molecule has 0 aromatic heterocycles. The standard InChI is InChI=1S/C17H26N2O2/c1-12-5-3-4-6-15(12)16-8-7-14(9-13(16)2)17(18-10-20)19-11-21/h12-17H,3-9H2,1-2H3. The van der Waals surface area contributed by atoms with Crippen molar-refractivity contribution < 1.29 is 9.59 Å². The lowest BCUT2D eigenvalue weighted by Gasteiger charge is -2.43. The van der Waals surface area contributed by atoms with E-state index in [2.05, 4.69) is 23.8 Å². The van der Waals surface area contributed by atoms with Gasteiger partial charge in [-0.25, -0.2) is 9.59 Å². The van der Waals surface area contributed by atoms with Gasteiger partial charge in [0.1, 0.15) is 0 Å². The molecule has 0 aromatic rings. The molecule has 5 atom stereocenters. The molecule has 116 valence electrons. The van der Waals surface area contributed by atoms with Crippen LogP contribution in [0.1, 0.15) is 58.8 Å². The number of rotatable bonds is 4. The highest BCUT2D eigenvalue weighted by Crippen LogP contribution is 2.46. The average molecular weight is 290 g/mol. The maximum Gasteiger partial charge on any atom is 0.237 e. The van der Waals surface area contributed by atoms with E-state index in [1.165, 1.54) is 32.1 Å². The Labute approximate surface area is 127 Å². The molecule has 2 aliphatic rings. The van der Waals surface area contributed by atoms with Crippen LogP contribution < -0.4 is 0 Å². The monoisotopic (exact) mass is 290 g/mol. The van der Waals surface area contributed by atoms with Crippen LogP contribution in [0.3, 0.4) is 0 Å². The number of hydrogen-bond acceptors (Lipinski definition) is 4. The Morgan fingerprint density at radius 3 is 2.05 bits per heavy atom. The van der Waals surface area contributed by atoms with Crippen LogP contribution in [-0.2, 0) is 9.59 Å². The third kappa shape index (κ3) is 3.90. The van der Waals surface area contributed by atoms with E-state index in [4.69, 9.17) is 0 Å². The van der Waals surface area contributed by atoms with Gasteiger partial charge in [-0.15, -0.1) is 0 Å². The second kappa shape index (κ2) is 7.68. The summed E-state index contributed by atoms with van der Waals surface area (Å²) in [4.78, 5) is 28.4. The Kier molecular flexibility index (Phi) is 5.90.